The molecule has 0 saturated carbocycles. The van der Waals surface area contributed by atoms with Gasteiger partial charge in [0.15, 0.2) is 0 Å². The summed E-state index contributed by atoms with van der Waals surface area (Å²) in [5, 5.41) is 10.8. The first kappa shape index (κ1) is 17.1. The van der Waals surface area contributed by atoms with Gasteiger partial charge in [0.05, 0.1) is 0 Å². The van der Waals surface area contributed by atoms with E-state index >= 15 is 0 Å². The van der Waals surface area contributed by atoms with Gasteiger partial charge in [0.2, 0.25) is 0 Å². The van der Waals surface area contributed by atoms with Crippen LogP contribution in [0.1, 0.15) is 76.3 Å². The van der Waals surface area contributed by atoms with E-state index in [9.17, 15) is 5.11 Å². The van der Waals surface area contributed by atoms with E-state index < -0.39 is 0 Å². The van der Waals surface area contributed by atoms with Gasteiger partial charge in [0.25, 0.3) is 0 Å². The van der Waals surface area contributed by atoms with Crippen LogP contribution in [0.15, 0.2) is 36.1 Å². The first-order valence-electron chi connectivity index (χ1n) is 9.33. The minimum absolute atomic E-state index is 0.201. The Morgan fingerprint density at radius 1 is 1.33 bits per heavy atom. The minimum Gasteiger partial charge on any atom is -0.507 e. The van der Waals surface area contributed by atoms with Crippen LogP contribution >= 0.6 is 0 Å². The normalized spacial score (nSPS) is 25.2. The summed E-state index contributed by atoms with van der Waals surface area (Å²) in [4.78, 5) is 0. The molecule has 2 nitrogen and oxygen atoms in total. The molecule has 1 aromatic rings. The third-order valence-corrected chi connectivity index (χ3v) is 6.00. The molecule has 0 saturated heterocycles. The van der Waals surface area contributed by atoms with Crippen LogP contribution in [0.2, 0.25) is 0 Å². The van der Waals surface area contributed by atoms with Crippen LogP contribution in [-0.4, -0.2) is 5.11 Å². The first-order chi connectivity index (χ1) is 11.4. The molecular formula is C22H30O2. The fourth-order valence-corrected chi connectivity index (χ4v) is 4.28. The smallest absolute Gasteiger partial charge is 0.134 e. The molecular weight excluding hydrogens is 296 g/mol. The number of hydrogen-bond donors (Lipinski definition) is 1. The van der Waals surface area contributed by atoms with Crippen molar-refractivity contribution >= 4 is 0 Å². The molecule has 3 rings (SSSR count). The summed E-state index contributed by atoms with van der Waals surface area (Å²) in [5.74, 6) is 3.51. The monoisotopic (exact) mass is 326 g/mol. The quantitative estimate of drug-likeness (QED) is 0.660. The molecule has 0 bridgehead atoms. The summed E-state index contributed by atoms with van der Waals surface area (Å²) in [6.45, 7) is 13.1. The molecule has 24 heavy (non-hydrogen) atoms. The highest BCUT2D eigenvalue weighted by molar-refractivity contribution is 5.55. The van der Waals surface area contributed by atoms with E-state index in [0.29, 0.717) is 17.6 Å². The van der Waals surface area contributed by atoms with Crippen LogP contribution in [0.25, 0.3) is 0 Å². The standard InChI is InChI=1S/C22H30O2/c1-6-7-14(3)15(4)17-11-20(23)22-19-10-13(2)8-9-18(19)16(5)24-21(22)12-17/h10-12,14-15,18-19,23H,5-9H2,1-4H3/t14?,15?,18-,19?/m0/s1. The largest absolute Gasteiger partial charge is 0.507 e. The first-order valence-corrected chi connectivity index (χ1v) is 9.33. The fraction of sp³-hybridized carbons (Fsp3) is 0.545. The maximum absolute atomic E-state index is 10.8. The highest BCUT2D eigenvalue weighted by Crippen LogP contribution is 2.51. The molecule has 0 fully saturated rings. The number of rotatable bonds is 4. The van der Waals surface area contributed by atoms with Gasteiger partial charge in [0, 0.05) is 17.4 Å². The van der Waals surface area contributed by atoms with Gasteiger partial charge in [-0.2, -0.15) is 0 Å². The van der Waals surface area contributed by atoms with Crippen LogP contribution in [-0.2, 0) is 0 Å². The molecule has 2 heteroatoms. The van der Waals surface area contributed by atoms with E-state index in [-0.39, 0.29) is 11.8 Å². The van der Waals surface area contributed by atoms with Crippen molar-refractivity contribution in [3.05, 3.63) is 47.2 Å². The maximum atomic E-state index is 10.8. The lowest BCUT2D eigenvalue weighted by Crippen LogP contribution is -2.25. The lowest BCUT2D eigenvalue weighted by molar-refractivity contribution is 0.274. The van der Waals surface area contributed by atoms with Crippen LogP contribution in [0, 0.1) is 11.8 Å². The molecule has 130 valence electrons. The molecule has 0 aromatic heterocycles. The average Bonchev–Trinajstić information content (AvgIpc) is 2.53. The molecule has 4 atom stereocenters. The lowest BCUT2D eigenvalue weighted by atomic mass is 9.73. The van der Waals surface area contributed by atoms with Crippen LogP contribution < -0.4 is 4.74 Å². The number of fused-ring (bicyclic) bond motifs is 3. The van der Waals surface area contributed by atoms with Crippen molar-refractivity contribution in [1.82, 2.24) is 0 Å². The Labute approximate surface area is 146 Å². The van der Waals surface area contributed by atoms with Crippen molar-refractivity contribution in [3.63, 3.8) is 0 Å². The van der Waals surface area contributed by atoms with Crippen molar-refractivity contribution < 1.29 is 9.84 Å². The van der Waals surface area contributed by atoms with E-state index in [1.165, 1.54) is 18.4 Å². The number of phenols is 1. The van der Waals surface area contributed by atoms with Crippen molar-refractivity contribution in [2.24, 2.45) is 11.8 Å². The summed E-state index contributed by atoms with van der Waals surface area (Å²) in [7, 11) is 0. The van der Waals surface area contributed by atoms with Crippen LogP contribution in [0.3, 0.4) is 0 Å². The zero-order chi connectivity index (χ0) is 17.4. The van der Waals surface area contributed by atoms with E-state index in [1.54, 1.807) is 0 Å². The van der Waals surface area contributed by atoms with Gasteiger partial charge in [0.1, 0.15) is 17.3 Å². The predicted octanol–water partition coefficient (Wildman–Crippen LogP) is 6.28. The molecule has 1 heterocycles. The van der Waals surface area contributed by atoms with Crippen molar-refractivity contribution in [3.8, 4) is 11.5 Å². The number of benzene rings is 1. The summed E-state index contributed by atoms with van der Waals surface area (Å²) in [5.41, 5.74) is 3.51. The molecule has 2 aliphatic rings. The SMILES string of the molecule is C=C1Oc2cc(C(C)C(C)CCC)cc(O)c2C2C=C(C)CC[C@@H]12. The van der Waals surface area contributed by atoms with E-state index in [2.05, 4.69) is 46.4 Å². The summed E-state index contributed by atoms with van der Waals surface area (Å²) in [6.07, 6.45) is 6.81. The summed E-state index contributed by atoms with van der Waals surface area (Å²) in [6, 6.07) is 4.09. The minimum atomic E-state index is 0.201. The molecule has 0 spiro atoms. The number of phenolic OH excluding ortho intramolecular Hbond substituents is 1. The molecule has 1 aliphatic carbocycles. The molecule has 1 aromatic carbocycles. The second kappa shape index (κ2) is 6.66. The summed E-state index contributed by atoms with van der Waals surface area (Å²) >= 11 is 0. The Morgan fingerprint density at radius 2 is 2.08 bits per heavy atom. The van der Waals surface area contributed by atoms with Crippen LogP contribution in [0.5, 0.6) is 11.5 Å². The molecule has 1 N–H and O–H groups in total. The Bertz CT molecular complexity index is 671. The van der Waals surface area contributed by atoms with Gasteiger partial charge in [-0.3, -0.25) is 0 Å². The lowest BCUT2D eigenvalue weighted by Gasteiger charge is -2.37. The summed E-state index contributed by atoms with van der Waals surface area (Å²) < 4.78 is 6.06. The van der Waals surface area contributed by atoms with E-state index in [1.807, 2.05) is 6.07 Å². The van der Waals surface area contributed by atoms with Crippen molar-refractivity contribution in [2.75, 3.05) is 0 Å². The maximum Gasteiger partial charge on any atom is 0.134 e. The second-order valence-corrected chi connectivity index (χ2v) is 7.76. The van der Waals surface area contributed by atoms with E-state index in [0.717, 1.165) is 35.5 Å². The number of ether oxygens (including phenoxy) is 1. The zero-order valence-corrected chi connectivity index (χ0v) is 15.4. The van der Waals surface area contributed by atoms with E-state index in [4.69, 9.17) is 4.74 Å². The Balaban J connectivity index is 2.01. The van der Waals surface area contributed by atoms with Gasteiger partial charge in [-0.1, -0.05) is 51.8 Å². The zero-order valence-electron chi connectivity index (χ0n) is 15.4. The topological polar surface area (TPSA) is 29.5 Å². The van der Waals surface area contributed by atoms with Crippen LogP contribution in [0.4, 0.5) is 0 Å². The number of aromatic hydroxyl groups is 1. The van der Waals surface area contributed by atoms with Gasteiger partial charge >= 0.3 is 0 Å². The van der Waals surface area contributed by atoms with Gasteiger partial charge in [-0.15, -0.1) is 0 Å². The average molecular weight is 326 g/mol. The third-order valence-electron chi connectivity index (χ3n) is 6.00. The number of hydrogen-bond acceptors (Lipinski definition) is 2. The molecule has 3 unspecified atom stereocenters. The molecule has 0 radical (unpaired) electrons. The van der Waals surface area contributed by atoms with Crippen molar-refractivity contribution in [2.45, 2.75) is 65.2 Å². The third kappa shape index (κ3) is 2.99. The second-order valence-electron chi connectivity index (χ2n) is 7.76. The van der Waals surface area contributed by atoms with Gasteiger partial charge < -0.3 is 9.84 Å². The predicted molar refractivity (Wildman–Crippen MR) is 99.6 cm³/mol. The molecule has 0 amide bonds. The Kier molecular flexibility index (Phi) is 4.76. The van der Waals surface area contributed by atoms with Crippen molar-refractivity contribution in [1.29, 1.82) is 0 Å². The van der Waals surface area contributed by atoms with Gasteiger partial charge in [-0.25, -0.2) is 0 Å². The van der Waals surface area contributed by atoms with Gasteiger partial charge in [-0.05, 0) is 49.3 Å². The number of allylic oxidation sites excluding steroid dienone is 3. The fourth-order valence-electron chi connectivity index (χ4n) is 4.28. The highest BCUT2D eigenvalue weighted by atomic mass is 16.5. The Hall–Kier alpha value is -1.70. The Morgan fingerprint density at radius 3 is 2.79 bits per heavy atom. The molecule has 1 aliphatic heterocycles. The highest BCUT2D eigenvalue weighted by Gasteiger charge is 2.37.